The van der Waals surface area contributed by atoms with Crippen LogP contribution in [0.3, 0.4) is 0 Å². The number of ether oxygens (including phenoxy) is 1. The van der Waals surface area contributed by atoms with Gasteiger partial charge < -0.3 is 19.5 Å². The van der Waals surface area contributed by atoms with E-state index in [1.54, 1.807) is 6.33 Å². The number of aryl methyl sites for hydroxylation is 1. The van der Waals surface area contributed by atoms with E-state index in [1.165, 1.54) is 0 Å². The zero-order valence-corrected chi connectivity index (χ0v) is 19.1. The molecule has 0 radical (unpaired) electrons. The van der Waals surface area contributed by atoms with Gasteiger partial charge in [0.25, 0.3) is 0 Å². The number of nitrogens with zero attached hydrogens (tertiary/aromatic N) is 5. The number of aromatic nitrogens is 3. The van der Waals surface area contributed by atoms with E-state index in [0.29, 0.717) is 6.54 Å². The van der Waals surface area contributed by atoms with Crippen LogP contribution in [0.4, 0.5) is 0 Å². The highest BCUT2D eigenvalue weighted by Crippen LogP contribution is 2.18. The molecule has 1 aliphatic heterocycles. The lowest BCUT2D eigenvalue weighted by atomic mass is 10.1. The number of halogens is 1. The molecule has 1 N–H and O–H groups in total. The van der Waals surface area contributed by atoms with Gasteiger partial charge in [0.05, 0.1) is 6.54 Å². The highest BCUT2D eigenvalue weighted by Gasteiger charge is 2.22. The molecule has 1 aromatic carbocycles. The van der Waals surface area contributed by atoms with Crippen LogP contribution in [-0.4, -0.2) is 57.9 Å². The third kappa shape index (κ3) is 6.35. The molecule has 0 spiro atoms. The molecule has 0 aliphatic carbocycles. The van der Waals surface area contributed by atoms with E-state index in [1.807, 2.05) is 30.3 Å². The lowest BCUT2D eigenvalue weighted by molar-refractivity contribution is 0.129. The molecule has 0 atom stereocenters. The molecule has 28 heavy (non-hydrogen) atoms. The Balaban J connectivity index is 0.00000280. The molecule has 2 heterocycles. The number of guanidine groups is 1. The minimum Gasteiger partial charge on any atom is -0.490 e. The first kappa shape index (κ1) is 22.4. The van der Waals surface area contributed by atoms with Crippen LogP contribution >= 0.6 is 24.0 Å². The highest BCUT2D eigenvalue weighted by molar-refractivity contribution is 14.0. The van der Waals surface area contributed by atoms with Gasteiger partial charge in [0.15, 0.2) is 5.96 Å². The number of aliphatic imine (C=N–C) groups is 1. The summed E-state index contributed by atoms with van der Waals surface area (Å²) >= 11 is 0. The van der Waals surface area contributed by atoms with Gasteiger partial charge in [-0.2, -0.15) is 0 Å². The summed E-state index contributed by atoms with van der Waals surface area (Å²) in [5.41, 5.74) is 0. The second-order valence-electron chi connectivity index (χ2n) is 6.65. The van der Waals surface area contributed by atoms with Crippen LogP contribution in [0.1, 0.15) is 32.5 Å². The van der Waals surface area contributed by atoms with E-state index < -0.39 is 0 Å². The maximum absolute atomic E-state index is 6.09. The van der Waals surface area contributed by atoms with Crippen molar-refractivity contribution in [2.24, 2.45) is 4.99 Å². The van der Waals surface area contributed by atoms with Gasteiger partial charge in [-0.3, -0.25) is 4.99 Å². The summed E-state index contributed by atoms with van der Waals surface area (Å²) in [6.45, 7) is 8.50. The summed E-state index contributed by atoms with van der Waals surface area (Å²) in [5, 5.41) is 11.5. The normalized spacial score (nSPS) is 15.2. The van der Waals surface area contributed by atoms with Gasteiger partial charge in [0.1, 0.15) is 24.0 Å². The first-order chi connectivity index (χ1) is 13.3. The molecule has 1 aromatic heterocycles. The minimum absolute atomic E-state index is 0. The summed E-state index contributed by atoms with van der Waals surface area (Å²) in [7, 11) is 0. The Hall–Kier alpha value is -1.84. The lowest BCUT2D eigenvalue weighted by Gasteiger charge is -2.34. The van der Waals surface area contributed by atoms with Crippen LogP contribution in [0.2, 0.25) is 0 Å². The van der Waals surface area contributed by atoms with E-state index in [9.17, 15) is 0 Å². The van der Waals surface area contributed by atoms with E-state index in [-0.39, 0.29) is 30.1 Å². The molecule has 1 saturated heterocycles. The molecular formula is C20H31IN6O. The van der Waals surface area contributed by atoms with Gasteiger partial charge in [0.2, 0.25) is 0 Å². The van der Waals surface area contributed by atoms with E-state index >= 15 is 0 Å². The second kappa shape index (κ2) is 11.9. The molecule has 0 saturated carbocycles. The van der Waals surface area contributed by atoms with Crippen molar-refractivity contribution >= 4 is 29.9 Å². The van der Waals surface area contributed by atoms with Gasteiger partial charge in [-0.15, -0.1) is 34.2 Å². The fourth-order valence-electron chi connectivity index (χ4n) is 3.31. The van der Waals surface area contributed by atoms with Gasteiger partial charge in [-0.1, -0.05) is 25.1 Å². The van der Waals surface area contributed by atoms with Crippen LogP contribution in [0, 0.1) is 0 Å². The number of likely N-dealkylation sites (tertiary alicyclic amines) is 1. The number of para-hydroxylation sites is 1. The quantitative estimate of drug-likeness (QED) is 0.361. The summed E-state index contributed by atoms with van der Waals surface area (Å²) in [4.78, 5) is 7.15. The van der Waals surface area contributed by atoms with Gasteiger partial charge in [-0.05, 0) is 19.1 Å². The highest BCUT2D eigenvalue weighted by atomic mass is 127. The van der Waals surface area contributed by atoms with Crippen molar-refractivity contribution < 1.29 is 4.74 Å². The number of piperidine rings is 1. The van der Waals surface area contributed by atoms with Crippen molar-refractivity contribution in [2.75, 3.05) is 26.2 Å². The molecule has 2 aromatic rings. The molecule has 1 aliphatic rings. The van der Waals surface area contributed by atoms with Crippen molar-refractivity contribution in [1.82, 2.24) is 25.0 Å². The largest absolute Gasteiger partial charge is 0.490 e. The van der Waals surface area contributed by atoms with Crippen LogP contribution in [0.5, 0.6) is 5.75 Å². The summed E-state index contributed by atoms with van der Waals surface area (Å²) in [6.07, 6.45) is 4.96. The molecule has 0 bridgehead atoms. The molecule has 1 fully saturated rings. The van der Waals surface area contributed by atoms with Crippen molar-refractivity contribution in [1.29, 1.82) is 0 Å². The maximum atomic E-state index is 6.09. The van der Waals surface area contributed by atoms with Gasteiger partial charge in [-0.25, -0.2) is 0 Å². The average molecular weight is 498 g/mol. The van der Waals surface area contributed by atoms with Crippen molar-refractivity contribution in [2.45, 2.75) is 45.8 Å². The number of hydrogen-bond acceptors (Lipinski definition) is 4. The van der Waals surface area contributed by atoms with Crippen molar-refractivity contribution in [3.05, 3.63) is 42.5 Å². The first-order valence-electron chi connectivity index (χ1n) is 9.91. The smallest absolute Gasteiger partial charge is 0.193 e. The van der Waals surface area contributed by atoms with Gasteiger partial charge in [0, 0.05) is 45.4 Å². The Morgan fingerprint density at radius 2 is 1.96 bits per heavy atom. The predicted molar refractivity (Wildman–Crippen MR) is 122 cm³/mol. The van der Waals surface area contributed by atoms with Crippen molar-refractivity contribution in [3.63, 3.8) is 0 Å². The number of rotatable bonds is 7. The Bertz CT molecular complexity index is 712. The number of nitrogens with one attached hydrogen (secondary N) is 1. The van der Waals surface area contributed by atoms with Crippen LogP contribution in [0.15, 0.2) is 41.7 Å². The fraction of sp³-hybridized carbons (Fsp3) is 0.550. The number of benzene rings is 1. The number of hydrogen-bond donors (Lipinski definition) is 1. The molecule has 0 unspecified atom stereocenters. The second-order valence-corrected chi connectivity index (χ2v) is 6.65. The molecule has 7 nitrogen and oxygen atoms in total. The maximum Gasteiger partial charge on any atom is 0.193 e. The SMILES string of the molecule is CCNC(=NCCn1cnnc1CC)N1CCC(Oc2ccccc2)CC1.I. The molecule has 3 rings (SSSR count). The zero-order valence-electron chi connectivity index (χ0n) is 16.8. The first-order valence-corrected chi connectivity index (χ1v) is 9.91. The monoisotopic (exact) mass is 498 g/mol. The molecule has 0 amide bonds. The van der Waals surface area contributed by atoms with E-state index in [0.717, 1.165) is 63.0 Å². The van der Waals surface area contributed by atoms with Crippen LogP contribution in [0.25, 0.3) is 0 Å². The van der Waals surface area contributed by atoms with Crippen LogP contribution < -0.4 is 10.1 Å². The van der Waals surface area contributed by atoms with Crippen LogP contribution in [-0.2, 0) is 13.0 Å². The average Bonchev–Trinajstić information content (AvgIpc) is 3.16. The lowest BCUT2D eigenvalue weighted by Crippen LogP contribution is -2.47. The topological polar surface area (TPSA) is 67.6 Å². The Morgan fingerprint density at radius 3 is 2.64 bits per heavy atom. The molecule has 8 heteroatoms. The minimum atomic E-state index is 0. The molecule has 154 valence electrons. The summed E-state index contributed by atoms with van der Waals surface area (Å²) in [6, 6.07) is 10.1. The Morgan fingerprint density at radius 1 is 1.21 bits per heavy atom. The van der Waals surface area contributed by atoms with E-state index in [2.05, 4.69) is 38.8 Å². The summed E-state index contributed by atoms with van der Waals surface area (Å²) < 4.78 is 8.17. The van der Waals surface area contributed by atoms with E-state index in [4.69, 9.17) is 9.73 Å². The standard InChI is InChI=1S/C20H30N6O.HI/c1-3-19-24-23-16-26(19)15-12-22-20(21-4-2)25-13-10-18(11-14-25)27-17-8-6-5-7-9-17;/h5-9,16,18H,3-4,10-15H2,1-2H3,(H,21,22);1H. The van der Waals surface area contributed by atoms with Gasteiger partial charge >= 0.3 is 0 Å². The third-order valence-electron chi connectivity index (χ3n) is 4.74. The third-order valence-corrected chi connectivity index (χ3v) is 4.74. The fourth-order valence-corrected chi connectivity index (χ4v) is 3.31. The Labute approximate surface area is 184 Å². The zero-order chi connectivity index (χ0) is 18.9. The predicted octanol–water partition coefficient (Wildman–Crippen LogP) is 2.97. The molecular weight excluding hydrogens is 467 g/mol. The van der Waals surface area contributed by atoms with Crippen molar-refractivity contribution in [3.8, 4) is 5.75 Å². The Kier molecular flexibility index (Phi) is 9.52. The summed E-state index contributed by atoms with van der Waals surface area (Å²) in [5.74, 6) is 2.95.